The van der Waals surface area contributed by atoms with Gasteiger partial charge in [-0.05, 0) is 19.1 Å². The van der Waals surface area contributed by atoms with Gasteiger partial charge in [-0.3, -0.25) is 0 Å². The fourth-order valence-corrected chi connectivity index (χ4v) is 1.72. The molecule has 3 aromatic rings. The van der Waals surface area contributed by atoms with E-state index < -0.39 is 0 Å². The van der Waals surface area contributed by atoms with Crippen LogP contribution in [0.1, 0.15) is 5.56 Å². The molecule has 1 aromatic carbocycles. The number of rotatable bonds is 2. The largest absolute Gasteiger partial charge is 0.384 e. The number of nitrogens with zero attached hydrogens (tertiary/aromatic N) is 3. The zero-order valence-electron chi connectivity index (χ0n) is 10.4. The van der Waals surface area contributed by atoms with Crippen LogP contribution in [0.2, 0.25) is 0 Å². The summed E-state index contributed by atoms with van der Waals surface area (Å²) in [4.78, 5) is 8.47. The van der Waals surface area contributed by atoms with Crippen molar-refractivity contribution in [1.82, 2.24) is 15.1 Å². The number of anilines is 1. The third kappa shape index (κ3) is 2.30. The van der Waals surface area contributed by atoms with Gasteiger partial charge in [0.1, 0.15) is 11.5 Å². The lowest BCUT2D eigenvalue weighted by atomic mass is 10.1. The molecule has 0 aliphatic rings. The first-order valence-corrected chi connectivity index (χ1v) is 5.86. The summed E-state index contributed by atoms with van der Waals surface area (Å²) in [6.07, 6.45) is 0. The standard InChI is InChI=1S/C14H12N4O/c1-9-5-7-10(8-6-9)13-17-14(19-18-13)11-3-2-4-12(15)16-11/h2-8H,1H3,(H2,15,16). The zero-order chi connectivity index (χ0) is 13.2. The van der Waals surface area contributed by atoms with Gasteiger partial charge in [0.25, 0.3) is 5.89 Å². The van der Waals surface area contributed by atoms with E-state index in [1.165, 1.54) is 5.56 Å². The molecule has 5 nitrogen and oxygen atoms in total. The number of hydrogen-bond donors (Lipinski definition) is 1. The van der Waals surface area contributed by atoms with E-state index in [4.69, 9.17) is 10.3 Å². The fourth-order valence-electron chi connectivity index (χ4n) is 1.72. The third-order valence-electron chi connectivity index (χ3n) is 2.73. The lowest BCUT2D eigenvalue weighted by Crippen LogP contribution is -1.91. The van der Waals surface area contributed by atoms with Crippen LogP contribution in [0, 0.1) is 6.92 Å². The molecule has 2 heterocycles. The normalized spacial score (nSPS) is 10.6. The second-order valence-corrected chi connectivity index (χ2v) is 4.24. The van der Waals surface area contributed by atoms with Gasteiger partial charge >= 0.3 is 0 Å². The SMILES string of the molecule is Cc1ccc(-c2noc(-c3cccc(N)n3)n2)cc1. The molecule has 5 heteroatoms. The lowest BCUT2D eigenvalue weighted by Gasteiger charge is -1.95. The zero-order valence-corrected chi connectivity index (χ0v) is 10.4. The van der Waals surface area contributed by atoms with Crippen molar-refractivity contribution in [2.45, 2.75) is 6.92 Å². The van der Waals surface area contributed by atoms with E-state index in [0.29, 0.717) is 23.2 Å². The van der Waals surface area contributed by atoms with Gasteiger partial charge < -0.3 is 10.3 Å². The molecule has 0 bridgehead atoms. The highest BCUT2D eigenvalue weighted by molar-refractivity contribution is 5.58. The van der Waals surface area contributed by atoms with E-state index >= 15 is 0 Å². The van der Waals surface area contributed by atoms with Crippen LogP contribution in [0.15, 0.2) is 47.0 Å². The van der Waals surface area contributed by atoms with Gasteiger partial charge in [-0.2, -0.15) is 4.98 Å². The maximum absolute atomic E-state index is 5.63. The summed E-state index contributed by atoms with van der Waals surface area (Å²) in [5.41, 5.74) is 8.30. The first-order valence-electron chi connectivity index (χ1n) is 5.86. The fraction of sp³-hybridized carbons (Fsp3) is 0.0714. The number of pyridine rings is 1. The molecule has 0 aliphatic carbocycles. The van der Waals surface area contributed by atoms with E-state index in [0.717, 1.165) is 5.56 Å². The van der Waals surface area contributed by atoms with Crippen molar-refractivity contribution in [3.05, 3.63) is 48.0 Å². The summed E-state index contributed by atoms with van der Waals surface area (Å²) in [6, 6.07) is 13.2. The molecule has 0 fully saturated rings. The Balaban J connectivity index is 1.97. The second kappa shape index (κ2) is 4.53. The summed E-state index contributed by atoms with van der Waals surface area (Å²) < 4.78 is 5.21. The summed E-state index contributed by atoms with van der Waals surface area (Å²) in [5.74, 6) is 1.33. The van der Waals surface area contributed by atoms with Crippen LogP contribution >= 0.6 is 0 Å². The highest BCUT2D eigenvalue weighted by Gasteiger charge is 2.11. The van der Waals surface area contributed by atoms with E-state index in [1.54, 1.807) is 18.2 Å². The quantitative estimate of drug-likeness (QED) is 0.758. The van der Waals surface area contributed by atoms with E-state index in [1.807, 2.05) is 31.2 Å². The molecule has 0 aliphatic heterocycles. The molecule has 2 N–H and O–H groups in total. The predicted octanol–water partition coefficient (Wildman–Crippen LogP) is 2.69. The minimum atomic E-state index is 0.364. The Kier molecular flexibility index (Phi) is 2.72. The van der Waals surface area contributed by atoms with Gasteiger partial charge in [-0.25, -0.2) is 4.98 Å². The van der Waals surface area contributed by atoms with Gasteiger partial charge in [0.2, 0.25) is 5.82 Å². The Hall–Kier alpha value is -2.69. The second-order valence-electron chi connectivity index (χ2n) is 4.24. The van der Waals surface area contributed by atoms with Gasteiger partial charge in [-0.1, -0.05) is 41.1 Å². The molecule has 2 aromatic heterocycles. The number of aryl methyl sites for hydroxylation is 1. The Morgan fingerprint density at radius 1 is 1.00 bits per heavy atom. The minimum Gasteiger partial charge on any atom is -0.384 e. The average molecular weight is 252 g/mol. The average Bonchev–Trinajstić information content (AvgIpc) is 2.89. The Morgan fingerprint density at radius 3 is 2.53 bits per heavy atom. The molecule has 0 saturated heterocycles. The van der Waals surface area contributed by atoms with Crippen LogP contribution in [0.25, 0.3) is 23.0 Å². The van der Waals surface area contributed by atoms with Crippen LogP contribution in [0.5, 0.6) is 0 Å². The number of hydrogen-bond acceptors (Lipinski definition) is 5. The highest BCUT2D eigenvalue weighted by Crippen LogP contribution is 2.21. The van der Waals surface area contributed by atoms with Gasteiger partial charge in [0, 0.05) is 5.56 Å². The molecule has 19 heavy (non-hydrogen) atoms. The molecule has 94 valence electrons. The molecule has 0 radical (unpaired) electrons. The molecule has 0 amide bonds. The molecule has 0 saturated carbocycles. The highest BCUT2D eigenvalue weighted by atomic mass is 16.5. The summed E-state index contributed by atoms with van der Waals surface area (Å²) in [6.45, 7) is 2.03. The molecular weight excluding hydrogens is 240 g/mol. The van der Waals surface area contributed by atoms with Crippen molar-refractivity contribution in [2.75, 3.05) is 5.73 Å². The van der Waals surface area contributed by atoms with Gasteiger partial charge in [0.05, 0.1) is 0 Å². The van der Waals surface area contributed by atoms with Crippen molar-refractivity contribution in [3.63, 3.8) is 0 Å². The monoisotopic (exact) mass is 252 g/mol. The van der Waals surface area contributed by atoms with Crippen molar-refractivity contribution >= 4 is 5.82 Å². The lowest BCUT2D eigenvalue weighted by molar-refractivity contribution is 0.431. The van der Waals surface area contributed by atoms with E-state index in [-0.39, 0.29) is 0 Å². The van der Waals surface area contributed by atoms with Crippen LogP contribution in [0.4, 0.5) is 5.82 Å². The predicted molar refractivity (Wildman–Crippen MR) is 72.1 cm³/mol. The minimum absolute atomic E-state index is 0.364. The maximum Gasteiger partial charge on any atom is 0.276 e. The van der Waals surface area contributed by atoms with Crippen molar-refractivity contribution in [3.8, 4) is 23.0 Å². The molecule has 0 unspecified atom stereocenters. The maximum atomic E-state index is 5.63. The number of nitrogens with two attached hydrogens (primary N) is 1. The Morgan fingerprint density at radius 2 is 1.79 bits per heavy atom. The van der Waals surface area contributed by atoms with Crippen LogP contribution < -0.4 is 5.73 Å². The summed E-state index contributed by atoms with van der Waals surface area (Å²) >= 11 is 0. The molecule has 0 spiro atoms. The van der Waals surface area contributed by atoms with Crippen molar-refractivity contribution in [2.24, 2.45) is 0 Å². The summed E-state index contributed by atoms with van der Waals surface area (Å²) in [7, 11) is 0. The van der Waals surface area contributed by atoms with Crippen LogP contribution in [-0.2, 0) is 0 Å². The smallest absolute Gasteiger partial charge is 0.276 e. The number of benzene rings is 1. The Labute approximate surface area is 110 Å². The summed E-state index contributed by atoms with van der Waals surface area (Å²) in [5, 5.41) is 3.96. The molecule has 3 rings (SSSR count). The van der Waals surface area contributed by atoms with E-state index in [2.05, 4.69) is 15.1 Å². The molecular formula is C14H12N4O. The van der Waals surface area contributed by atoms with Crippen molar-refractivity contribution < 1.29 is 4.52 Å². The third-order valence-corrected chi connectivity index (χ3v) is 2.73. The first kappa shape index (κ1) is 11.4. The number of nitrogen functional groups attached to an aromatic ring is 1. The first-order chi connectivity index (χ1) is 9.22. The topological polar surface area (TPSA) is 77.8 Å². The van der Waals surface area contributed by atoms with Crippen molar-refractivity contribution in [1.29, 1.82) is 0 Å². The molecule has 0 atom stereocenters. The van der Waals surface area contributed by atoms with Gasteiger partial charge in [0.15, 0.2) is 0 Å². The van der Waals surface area contributed by atoms with Crippen LogP contribution in [0.3, 0.4) is 0 Å². The van der Waals surface area contributed by atoms with E-state index in [9.17, 15) is 0 Å². The number of aromatic nitrogens is 3. The Bertz CT molecular complexity index is 703. The van der Waals surface area contributed by atoms with Crippen LogP contribution in [-0.4, -0.2) is 15.1 Å². The van der Waals surface area contributed by atoms with Gasteiger partial charge in [-0.15, -0.1) is 0 Å².